The zero-order valence-electron chi connectivity index (χ0n) is 33.5. The van der Waals surface area contributed by atoms with Gasteiger partial charge >= 0.3 is 0 Å². The lowest BCUT2D eigenvalue weighted by atomic mass is 9.80. The fourth-order valence-electron chi connectivity index (χ4n) is 8.67. The molecule has 0 bridgehead atoms. The molecule has 0 radical (unpaired) electrons. The number of nitrogens with two attached hydrogens (primary N) is 1. The molecule has 0 aromatic heterocycles. The van der Waals surface area contributed by atoms with Gasteiger partial charge in [-0.3, -0.25) is 10.2 Å². The first kappa shape index (κ1) is 47.2. The van der Waals surface area contributed by atoms with Crippen LogP contribution in [0.2, 0.25) is 0 Å². The first-order valence-corrected chi connectivity index (χ1v) is 20.6. The van der Waals surface area contributed by atoms with Crippen LogP contribution in [0.1, 0.15) is 118 Å². The Hall–Kier alpha value is -1.97. The molecule has 7 N–H and O–H groups in total. The van der Waals surface area contributed by atoms with E-state index in [1.807, 2.05) is 14.0 Å². The smallest absolute Gasteiger partial charge is 0.138 e. The van der Waals surface area contributed by atoms with Crippen molar-refractivity contribution in [2.24, 2.45) is 17.6 Å². The van der Waals surface area contributed by atoms with Crippen molar-refractivity contribution in [3.63, 3.8) is 0 Å². The number of carbonyl (C=O) groups excluding carboxylic acids is 5. The number of unbranched alkanes of at least 4 members (excludes halogenated alkanes) is 2. The van der Waals surface area contributed by atoms with Crippen molar-refractivity contribution < 1.29 is 33.8 Å². The van der Waals surface area contributed by atoms with Crippen LogP contribution in [0.15, 0.2) is 0 Å². The molecule has 5 unspecified atom stereocenters. The van der Waals surface area contributed by atoms with E-state index < -0.39 is 54.4 Å². The van der Waals surface area contributed by atoms with E-state index in [0.717, 1.165) is 102 Å². The second kappa shape index (κ2) is 26.0. The molecular formula is C40H74N6O7. The van der Waals surface area contributed by atoms with E-state index in [4.69, 9.17) is 10.5 Å². The summed E-state index contributed by atoms with van der Waals surface area (Å²) in [5.41, 5.74) is 6.26. The summed E-state index contributed by atoms with van der Waals surface area (Å²) in [5, 5.41) is 24.4. The van der Waals surface area contributed by atoms with Gasteiger partial charge in [0.25, 0.3) is 0 Å². The average Bonchev–Trinajstić information content (AvgIpc) is 3.17. The number of likely N-dealkylation sites (N-methyl/N-ethyl adjacent to an activating group) is 1. The van der Waals surface area contributed by atoms with Crippen LogP contribution < -0.4 is 27.0 Å². The Bertz CT molecular complexity index is 1050. The van der Waals surface area contributed by atoms with Gasteiger partial charge < -0.3 is 55.5 Å². The highest BCUT2D eigenvalue weighted by Gasteiger charge is 2.41. The molecule has 2 fully saturated rings. The average molecular weight is 751 g/mol. The SMILES string of the molecule is CCCC[C@@H]1C(C=O)N(C)[C@@H](CCC)C(C=O)N[C@@H](C2CCCCC2)C(C=O)N[C@@H](CN)C(C=O)N[C@H]([C@H](C)O)C(C=O)N[C@H](C)CO[C@@H]1CCCC. The van der Waals surface area contributed by atoms with E-state index in [1.54, 1.807) is 6.92 Å². The zero-order valence-corrected chi connectivity index (χ0v) is 33.5. The number of aliphatic hydroxyl groups excluding tert-OH is 1. The number of carbonyl (C=O) groups is 5. The molecule has 13 heteroatoms. The van der Waals surface area contributed by atoms with E-state index >= 15 is 0 Å². The highest BCUT2D eigenvalue weighted by atomic mass is 16.5. The van der Waals surface area contributed by atoms with Gasteiger partial charge in [-0.15, -0.1) is 0 Å². The quantitative estimate of drug-likeness (QED) is 0.126. The molecule has 1 aliphatic heterocycles. The fourth-order valence-corrected chi connectivity index (χ4v) is 8.67. The topological polar surface area (TPSA) is 192 Å². The molecule has 13 atom stereocenters. The van der Waals surface area contributed by atoms with E-state index in [-0.39, 0.29) is 43.2 Å². The van der Waals surface area contributed by atoms with Gasteiger partial charge in [0.1, 0.15) is 31.4 Å². The normalized spacial score (nSPS) is 35.9. The van der Waals surface area contributed by atoms with Gasteiger partial charge in [-0.05, 0) is 58.9 Å². The second-order valence-electron chi connectivity index (χ2n) is 15.7. The molecular weight excluding hydrogens is 676 g/mol. The number of nitrogens with zero attached hydrogens (tertiary/aromatic N) is 1. The third-order valence-electron chi connectivity index (χ3n) is 11.7. The first-order valence-electron chi connectivity index (χ1n) is 20.6. The molecule has 13 nitrogen and oxygen atoms in total. The number of nitrogens with one attached hydrogen (secondary N) is 4. The van der Waals surface area contributed by atoms with Crippen LogP contribution in [-0.4, -0.2) is 134 Å². The summed E-state index contributed by atoms with van der Waals surface area (Å²) in [6, 6.07) is -6.67. The molecule has 0 amide bonds. The van der Waals surface area contributed by atoms with Gasteiger partial charge in [0, 0.05) is 36.6 Å². The van der Waals surface area contributed by atoms with E-state index in [9.17, 15) is 29.1 Å². The van der Waals surface area contributed by atoms with Gasteiger partial charge in [0.2, 0.25) is 0 Å². The largest absolute Gasteiger partial charge is 0.392 e. The minimum atomic E-state index is -1.04. The Labute approximate surface area is 319 Å². The minimum Gasteiger partial charge on any atom is -0.392 e. The lowest BCUT2D eigenvalue weighted by Gasteiger charge is -2.44. The summed E-state index contributed by atoms with van der Waals surface area (Å²) < 4.78 is 6.70. The van der Waals surface area contributed by atoms with Gasteiger partial charge in [-0.1, -0.05) is 72.1 Å². The number of aliphatic hydroxyl groups is 1. The Morgan fingerprint density at radius 1 is 0.774 bits per heavy atom. The summed E-state index contributed by atoms with van der Waals surface area (Å²) in [7, 11) is 1.93. The van der Waals surface area contributed by atoms with Crippen LogP contribution in [0, 0.1) is 11.8 Å². The number of hydrogen-bond donors (Lipinski definition) is 6. The van der Waals surface area contributed by atoms with Crippen molar-refractivity contribution >= 4 is 31.4 Å². The summed E-state index contributed by atoms with van der Waals surface area (Å²) >= 11 is 0. The summed E-state index contributed by atoms with van der Waals surface area (Å²) in [6.07, 6.45) is 14.3. The molecule has 1 saturated carbocycles. The van der Waals surface area contributed by atoms with Crippen molar-refractivity contribution in [2.45, 2.75) is 191 Å². The van der Waals surface area contributed by atoms with Crippen LogP contribution in [0.25, 0.3) is 0 Å². The van der Waals surface area contributed by atoms with Crippen LogP contribution >= 0.6 is 0 Å². The molecule has 1 aliphatic carbocycles. The van der Waals surface area contributed by atoms with Gasteiger partial charge in [-0.2, -0.15) is 0 Å². The predicted octanol–water partition coefficient (Wildman–Crippen LogP) is 2.09. The Balaban J connectivity index is 2.79. The molecule has 53 heavy (non-hydrogen) atoms. The van der Waals surface area contributed by atoms with Gasteiger partial charge in [0.15, 0.2) is 0 Å². The third-order valence-corrected chi connectivity index (χ3v) is 11.7. The summed E-state index contributed by atoms with van der Waals surface area (Å²) in [6.45, 7) is 10.00. The molecule has 2 rings (SSSR count). The number of ether oxygens (including phenoxy) is 1. The number of hydrogen-bond acceptors (Lipinski definition) is 13. The zero-order chi connectivity index (χ0) is 39.3. The van der Waals surface area contributed by atoms with Crippen molar-refractivity contribution in [1.82, 2.24) is 26.2 Å². The van der Waals surface area contributed by atoms with Crippen LogP contribution in [0.5, 0.6) is 0 Å². The maximum Gasteiger partial charge on any atom is 0.138 e. The van der Waals surface area contributed by atoms with E-state index in [2.05, 4.69) is 46.9 Å². The number of rotatable bonds is 16. The molecule has 2 aliphatic rings. The van der Waals surface area contributed by atoms with E-state index in [1.165, 1.54) is 0 Å². The highest BCUT2D eigenvalue weighted by molar-refractivity contribution is 5.64. The molecule has 1 saturated heterocycles. The van der Waals surface area contributed by atoms with E-state index in [0.29, 0.717) is 12.7 Å². The first-order chi connectivity index (χ1) is 25.6. The van der Waals surface area contributed by atoms with Crippen molar-refractivity contribution in [1.29, 1.82) is 0 Å². The van der Waals surface area contributed by atoms with Crippen molar-refractivity contribution in [3.05, 3.63) is 0 Å². The molecule has 0 aromatic rings. The van der Waals surface area contributed by atoms with Crippen LogP contribution in [-0.2, 0) is 28.7 Å². The fraction of sp³-hybridized carbons (Fsp3) is 0.875. The maximum absolute atomic E-state index is 13.3. The van der Waals surface area contributed by atoms with Crippen molar-refractivity contribution in [3.8, 4) is 0 Å². The minimum absolute atomic E-state index is 0.0221. The van der Waals surface area contributed by atoms with Crippen LogP contribution in [0.3, 0.4) is 0 Å². The Kier molecular flexibility index (Phi) is 23.1. The Morgan fingerprint density at radius 3 is 1.92 bits per heavy atom. The molecule has 1 heterocycles. The molecule has 306 valence electrons. The van der Waals surface area contributed by atoms with Gasteiger partial charge in [0.05, 0.1) is 55.1 Å². The van der Waals surface area contributed by atoms with Crippen molar-refractivity contribution in [2.75, 3.05) is 20.2 Å². The Morgan fingerprint density at radius 2 is 1.40 bits per heavy atom. The summed E-state index contributed by atoms with van der Waals surface area (Å²) in [5.74, 6) is -0.0890. The van der Waals surface area contributed by atoms with Crippen LogP contribution in [0.4, 0.5) is 0 Å². The predicted molar refractivity (Wildman–Crippen MR) is 209 cm³/mol. The standard InChI is InChI=1S/C40H74N6O7/c1-7-10-18-30-37(25-51)46(6)36(15-9-3)33(22-48)45-40(29-16-13-12-14-17-29)35(24-50)43-31(20-41)32(21-47)44-39(28(5)52)34(23-49)42-27(4)26-53-38(30)19-11-8-2/h21-25,27-40,42-45,52H,7-20,26,41H2,1-6H3/t27-,28+,30-,31+,32?,33?,34?,35?,36+,37?,38-,39-,40+/m1/s1. The molecule has 0 spiro atoms. The number of aldehydes is 5. The highest BCUT2D eigenvalue weighted by Crippen LogP contribution is 2.31. The molecule has 0 aromatic carbocycles. The summed E-state index contributed by atoms with van der Waals surface area (Å²) in [4.78, 5) is 66.8. The second-order valence-corrected chi connectivity index (χ2v) is 15.7. The van der Waals surface area contributed by atoms with Gasteiger partial charge in [-0.25, -0.2) is 0 Å². The lowest BCUT2D eigenvalue weighted by molar-refractivity contribution is -0.122. The monoisotopic (exact) mass is 751 g/mol. The lowest BCUT2D eigenvalue weighted by Crippen LogP contribution is -2.67. The maximum atomic E-state index is 13.3. The third kappa shape index (κ3) is 14.2.